The predicted molar refractivity (Wildman–Crippen MR) is 166 cm³/mol. The highest BCUT2D eigenvalue weighted by Gasteiger charge is 2.35. The van der Waals surface area contributed by atoms with E-state index >= 15 is 0 Å². The summed E-state index contributed by atoms with van der Waals surface area (Å²) in [5.41, 5.74) is 2.68. The lowest BCUT2D eigenvalue weighted by molar-refractivity contribution is 0.00618. The molecule has 224 valence electrons. The van der Waals surface area contributed by atoms with Crippen LogP contribution in [0.2, 0.25) is 0 Å². The predicted octanol–water partition coefficient (Wildman–Crippen LogP) is 5.85. The molecular weight excluding hydrogens is 543 g/mol. The summed E-state index contributed by atoms with van der Waals surface area (Å²) >= 11 is 0. The smallest absolute Gasteiger partial charge is 0.338 e. The molecule has 0 bridgehead atoms. The SMILES string of the molecule is O=C(OC(Cc1ccc2ccccc2c1)C1CNCCC1c1ccc(F)cc1)c1ccc(OCCN2CCOCC2)cc1. The third kappa shape index (κ3) is 7.60. The van der Waals surface area contributed by atoms with Crippen LogP contribution in [0, 0.1) is 11.7 Å². The summed E-state index contributed by atoms with van der Waals surface area (Å²) in [4.78, 5) is 15.9. The first-order chi connectivity index (χ1) is 21.1. The minimum absolute atomic E-state index is 0.0254. The molecule has 2 heterocycles. The molecule has 2 aliphatic heterocycles. The number of rotatable bonds is 10. The second kappa shape index (κ2) is 14.1. The van der Waals surface area contributed by atoms with Crippen LogP contribution in [0.25, 0.3) is 10.8 Å². The Hall–Kier alpha value is -3.78. The summed E-state index contributed by atoms with van der Waals surface area (Å²) in [7, 11) is 0. The summed E-state index contributed by atoms with van der Waals surface area (Å²) in [6, 6.07) is 28.7. The van der Waals surface area contributed by atoms with E-state index in [9.17, 15) is 9.18 Å². The van der Waals surface area contributed by atoms with Gasteiger partial charge in [-0.1, -0.05) is 54.6 Å². The van der Waals surface area contributed by atoms with Gasteiger partial charge in [0.25, 0.3) is 0 Å². The molecule has 7 heteroatoms. The fourth-order valence-corrected chi connectivity index (χ4v) is 6.29. The molecule has 43 heavy (non-hydrogen) atoms. The maximum Gasteiger partial charge on any atom is 0.338 e. The number of hydrogen-bond acceptors (Lipinski definition) is 6. The summed E-state index contributed by atoms with van der Waals surface area (Å²) < 4.78 is 31.5. The number of carbonyl (C=O) groups is 1. The van der Waals surface area contributed by atoms with Crippen molar-refractivity contribution in [2.75, 3.05) is 52.5 Å². The number of benzene rings is 4. The highest BCUT2D eigenvalue weighted by Crippen LogP contribution is 2.35. The Bertz CT molecular complexity index is 1490. The van der Waals surface area contributed by atoms with Gasteiger partial charge in [-0.3, -0.25) is 4.90 Å². The Morgan fingerprint density at radius 3 is 2.51 bits per heavy atom. The first-order valence-electron chi connectivity index (χ1n) is 15.3. The lowest BCUT2D eigenvalue weighted by Gasteiger charge is -2.37. The van der Waals surface area contributed by atoms with Gasteiger partial charge < -0.3 is 19.5 Å². The van der Waals surface area contributed by atoms with Crippen molar-refractivity contribution >= 4 is 16.7 Å². The first-order valence-corrected chi connectivity index (χ1v) is 15.3. The molecule has 0 saturated carbocycles. The molecule has 0 spiro atoms. The first kappa shape index (κ1) is 29.3. The minimum atomic E-state index is -0.374. The van der Waals surface area contributed by atoms with E-state index in [0.717, 1.165) is 68.1 Å². The van der Waals surface area contributed by atoms with Crippen LogP contribution in [-0.2, 0) is 15.9 Å². The van der Waals surface area contributed by atoms with Gasteiger partial charge >= 0.3 is 5.97 Å². The van der Waals surface area contributed by atoms with E-state index in [2.05, 4.69) is 40.5 Å². The van der Waals surface area contributed by atoms with E-state index in [-0.39, 0.29) is 29.7 Å². The van der Waals surface area contributed by atoms with E-state index in [4.69, 9.17) is 14.2 Å². The average molecular weight is 583 g/mol. The molecule has 0 aliphatic carbocycles. The topological polar surface area (TPSA) is 60.0 Å². The van der Waals surface area contributed by atoms with Crippen molar-refractivity contribution in [3.63, 3.8) is 0 Å². The molecule has 2 saturated heterocycles. The zero-order valence-electron chi connectivity index (χ0n) is 24.4. The molecule has 1 N–H and O–H groups in total. The van der Waals surface area contributed by atoms with Gasteiger partial charge in [-0.15, -0.1) is 0 Å². The van der Waals surface area contributed by atoms with Crippen LogP contribution >= 0.6 is 0 Å². The lowest BCUT2D eigenvalue weighted by Crippen LogP contribution is -2.44. The Labute approximate surface area is 252 Å². The Morgan fingerprint density at radius 2 is 1.72 bits per heavy atom. The van der Waals surface area contributed by atoms with Crippen LogP contribution in [0.3, 0.4) is 0 Å². The van der Waals surface area contributed by atoms with Crippen molar-refractivity contribution in [1.29, 1.82) is 0 Å². The molecule has 0 amide bonds. The average Bonchev–Trinajstić information content (AvgIpc) is 3.05. The zero-order chi connectivity index (χ0) is 29.4. The quantitative estimate of drug-likeness (QED) is 0.237. The summed E-state index contributed by atoms with van der Waals surface area (Å²) in [5, 5.41) is 5.85. The van der Waals surface area contributed by atoms with Crippen molar-refractivity contribution < 1.29 is 23.4 Å². The van der Waals surface area contributed by atoms with Gasteiger partial charge in [-0.05, 0) is 77.2 Å². The van der Waals surface area contributed by atoms with E-state index < -0.39 is 0 Å². The second-order valence-corrected chi connectivity index (χ2v) is 11.5. The number of carbonyl (C=O) groups excluding carboxylic acids is 1. The molecular formula is C36H39FN2O4. The van der Waals surface area contributed by atoms with Crippen molar-refractivity contribution in [2.45, 2.75) is 24.9 Å². The maximum absolute atomic E-state index is 13.8. The fraction of sp³-hybridized carbons (Fsp3) is 0.361. The number of piperidine rings is 1. The Kier molecular flexibility index (Phi) is 9.63. The third-order valence-electron chi connectivity index (χ3n) is 8.68. The molecule has 6 rings (SSSR count). The number of fused-ring (bicyclic) bond motifs is 1. The fourth-order valence-electron chi connectivity index (χ4n) is 6.29. The van der Waals surface area contributed by atoms with Gasteiger partial charge in [0.2, 0.25) is 0 Å². The minimum Gasteiger partial charge on any atom is -0.492 e. The number of halogens is 1. The van der Waals surface area contributed by atoms with Crippen LogP contribution in [0.4, 0.5) is 4.39 Å². The molecule has 2 aliphatic rings. The monoisotopic (exact) mass is 582 g/mol. The van der Waals surface area contributed by atoms with Gasteiger partial charge in [-0.2, -0.15) is 0 Å². The number of esters is 1. The standard InChI is InChI=1S/C36H39FN2O4/c37-31-11-7-28(8-12-31)33-15-16-38-25-34(33)35(24-26-5-6-27-3-1-2-4-30(27)23-26)43-36(40)29-9-13-32(14-10-29)42-22-19-39-17-20-41-21-18-39/h1-14,23,33-35,38H,15-22,24-25H2. The van der Waals surface area contributed by atoms with Crippen molar-refractivity contribution in [3.8, 4) is 5.75 Å². The van der Waals surface area contributed by atoms with Crippen molar-refractivity contribution in [2.24, 2.45) is 5.92 Å². The molecule has 6 nitrogen and oxygen atoms in total. The normalized spacial score (nSPS) is 20.0. The number of nitrogens with zero attached hydrogens (tertiary/aromatic N) is 1. The number of hydrogen-bond donors (Lipinski definition) is 1. The van der Waals surface area contributed by atoms with Gasteiger partial charge in [0.1, 0.15) is 24.3 Å². The molecule has 4 aromatic rings. The van der Waals surface area contributed by atoms with Crippen molar-refractivity contribution in [3.05, 3.63) is 114 Å². The van der Waals surface area contributed by atoms with E-state index in [1.54, 1.807) is 12.1 Å². The molecule has 2 fully saturated rings. The van der Waals surface area contributed by atoms with Gasteiger partial charge in [0.15, 0.2) is 0 Å². The zero-order valence-corrected chi connectivity index (χ0v) is 24.4. The van der Waals surface area contributed by atoms with E-state index in [1.165, 1.54) is 17.5 Å². The maximum atomic E-state index is 13.8. The largest absolute Gasteiger partial charge is 0.492 e. The molecule has 3 atom stereocenters. The highest BCUT2D eigenvalue weighted by atomic mass is 19.1. The second-order valence-electron chi connectivity index (χ2n) is 11.5. The third-order valence-corrected chi connectivity index (χ3v) is 8.68. The van der Waals surface area contributed by atoms with Gasteiger partial charge in [-0.25, -0.2) is 9.18 Å². The molecule has 3 unspecified atom stereocenters. The summed E-state index contributed by atoms with van der Waals surface area (Å²) in [5.74, 6) is 0.293. The summed E-state index contributed by atoms with van der Waals surface area (Å²) in [6.45, 7) is 6.37. The van der Waals surface area contributed by atoms with Crippen LogP contribution in [0.5, 0.6) is 5.75 Å². The van der Waals surface area contributed by atoms with E-state index in [1.807, 2.05) is 36.4 Å². The van der Waals surface area contributed by atoms with Crippen LogP contribution in [-0.4, -0.2) is 69.5 Å². The number of ether oxygens (including phenoxy) is 3. The molecule has 4 aromatic carbocycles. The van der Waals surface area contributed by atoms with Crippen molar-refractivity contribution in [1.82, 2.24) is 10.2 Å². The van der Waals surface area contributed by atoms with Gasteiger partial charge in [0, 0.05) is 38.5 Å². The Balaban J connectivity index is 1.18. The molecule has 0 radical (unpaired) electrons. The van der Waals surface area contributed by atoms with E-state index in [0.29, 0.717) is 25.1 Å². The number of nitrogens with one attached hydrogen (secondary N) is 1. The summed E-state index contributed by atoms with van der Waals surface area (Å²) in [6.07, 6.45) is 1.10. The lowest BCUT2D eigenvalue weighted by atomic mass is 9.76. The molecule has 0 aromatic heterocycles. The number of morpholine rings is 1. The van der Waals surface area contributed by atoms with Crippen LogP contribution in [0.1, 0.15) is 33.8 Å². The Morgan fingerprint density at radius 1 is 0.953 bits per heavy atom. The van der Waals surface area contributed by atoms with Crippen LogP contribution in [0.15, 0.2) is 91.0 Å². The highest BCUT2D eigenvalue weighted by molar-refractivity contribution is 5.89. The van der Waals surface area contributed by atoms with Crippen LogP contribution < -0.4 is 10.1 Å². The van der Waals surface area contributed by atoms with Gasteiger partial charge in [0.05, 0.1) is 18.8 Å².